The number of hydrogen-bond acceptors (Lipinski definition) is 5. The van der Waals surface area contributed by atoms with Crippen molar-refractivity contribution in [2.24, 2.45) is 5.92 Å². The molecular weight excluding hydrogens is 326 g/mol. The molecule has 2 N–H and O–H groups in total. The van der Waals surface area contributed by atoms with E-state index in [4.69, 9.17) is 9.40 Å². The van der Waals surface area contributed by atoms with Crippen LogP contribution >= 0.6 is 0 Å². The lowest BCUT2D eigenvalue weighted by Gasteiger charge is -2.10. The maximum Gasteiger partial charge on any atom is 0.229 e. The molecule has 0 saturated heterocycles. The zero-order valence-corrected chi connectivity index (χ0v) is 16.1. The number of fused-ring (bicyclic) bond motifs is 5. The second-order valence-corrected chi connectivity index (χ2v) is 8.03. The van der Waals surface area contributed by atoms with Gasteiger partial charge in [0.05, 0.1) is 32.6 Å². The highest BCUT2D eigenvalue weighted by Gasteiger charge is 2.25. The van der Waals surface area contributed by atoms with E-state index in [1.165, 1.54) is 28.1 Å². The monoisotopic (exact) mass is 354 g/mol. The lowest BCUT2D eigenvalue weighted by Crippen LogP contribution is -3.06. The maximum absolute atomic E-state index is 6.18. The summed E-state index contributed by atoms with van der Waals surface area (Å²) in [5, 5.41) is 4.50. The van der Waals surface area contributed by atoms with Crippen LogP contribution in [-0.4, -0.2) is 42.1 Å². The molecule has 0 fully saturated rings. The number of furan rings is 1. The van der Waals surface area contributed by atoms with Gasteiger partial charge in [-0.15, -0.1) is 0 Å². The minimum atomic E-state index is 0.583. The first-order valence-corrected chi connectivity index (χ1v) is 9.65. The molecule has 0 unspecified atom stereocenters. The van der Waals surface area contributed by atoms with Gasteiger partial charge in [-0.2, -0.15) is 0 Å². The van der Waals surface area contributed by atoms with Gasteiger partial charge in [0.2, 0.25) is 5.71 Å². The quantitative estimate of drug-likeness (QED) is 0.709. The van der Waals surface area contributed by atoms with Crippen LogP contribution in [0.2, 0.25) is 0 Å². The SMILES string of the molecule is CC(C)Cc1nc2oc3c(NCC[NH+](C)C)ncnc3c2c2c1CCC2. The maximum atomic E-state index is 6.18. The molecule has 6 nitrogen and oxygen atoms in total. The van der Waals surface area contributed by atoms with Crippen molar-refractivity contribution in [2.75, 3.05) is 32.5 Å². The van der Waals surface area contributed by atoms with E-state index in [2.05, 4.69) is 43.2 Å². The Balaban J connectivity index is 1.83. The summed E-state index contributed by atoms with van der Waals surface area (Å²) in [6.07, 6.45) is 6.03. The molecule has 0 aliphatic heterocycles. The van der Waals surface area contributed by atoms with Gasteiger partial charge in [-0.1, -0.05) is 13.8 Å². The van der Waals surface area contributed by atoms with Crippen molar-refractivity contribution in [1.82, 2.24) is 15.0 Å². The standard InChI is InChI=1S/C20H27N5O/c1-12(2)10-15-13-6-5-7-14(13)16-17-18(26-20(16)24-15)19(23-11-22-17)21-8-9-25(3)4/h11-12H,5-10H2,1-4H3,(H,21,22,23)/p+1. The predicted molar refractivity (Wildman–Crippen MR) is 104 cm³/mol. The lowest BCUT2D eigenvalue weighted by atomic mass is 9.99. The summed E-state index contributed by atoms with van der Waals surface area (Å²) in [6.45, 7) is 6.34. The Hall–Kier alpha value is -2.21. The van der Waals surface area contributed by atoms with Gasteiger partial charge in [0, 0.05) is 5.69 Å². The Labute approximate surface area is 154 Å². The topological polar surface area (TPSA) is 68.3 Å². The van der Waals surface area contributed by atoms with Crippen molar-refractivity contribution >= 4 is 28.0 Å². The Morgan fingerprint density at radius 1 is 1.19 bits per heavy atom. The Morgan fingerprint density at radius 2 is 2.00 bits per heavy atom. The molecule has 3 aromatic heterocycles. The van der Waals surface area contributed by atoms with E-state index in [1.807, 2.05) is 0 Å². The first kappa shape index (κ1) is 17.2. The highest BCUT2D eigenvalue weighted by atomic mass is 16.3. The Bertz CT molecular complexity index is 944. The van der Waals surface area contributed by atoms with Crippen LogP contribution in [0, 0.1) is 5.92 Å². The van der Waals surface area contributed by atoms with Gasteiger partial charge in [0.25, 0.3) is 0 Å². The van der Waals surface area contributed by atoms with Crippen molar-refractivity contribution in [2.45, 2.75) is 39.5 Å². The van der Waals surface area contributed by atoms with Crippen molar-refractivity contribution < 1.29 is 9.32 Å². The number of quaternary nitrogens is 1. The number of likely N-dealkylation sites (N-methyl/N-ethyl adjacent to an activating group) is 1. The smallest absolute Gasteiger partial charge is 0.229 e. The average molecular weight is 354 g/mol. The number of rotatable bonds is 6. The largest absolute Gasteiger partial charge is 0.432 e. The normalized spacial score (nSPS) is 14.1. The number of nitrogens with one attached hydrogen (secondary N) is 2. The number of hydrogen-bond donors (Lipinski definition) is 2. The molecular formula is C20H28N5O+. The number of nitrogens with zero attached hydrogens (tertiary/aromatic N) is 3. The molecule has 0 bridgehead atoms. The zero-order valence-electron chi connectivity index (χ0n) is 16.1. The van der Waals surface area contributed by atoms with Crippen molar-refractivity contribution in [3.8, 4) is 0 Å². The molecule has 1 aliphatic rings. The number of aryl methyl sites for hydroxylation is 1. The molecule has 0 saturated carbocycles. The lowest BCUT2D eigenvalue weighted by molar-refractivity contribution is -0.856. The molecule has 0 radical (unpaired) electrons. The molecule has 3 heterocycles. The van der Waals surface area contributed by atoms with Crippen LogP contribution in [0.25, 0.3) is 22.2 Å². The van der Waals surface area contributed by atoms with Gasteiger partial charge in [0.1, 0.15) is 11.8 Å². The van der Waals surface area contributed by atoms with Crippen molar-refractivity contribution in [1.29, 1.82) is 0 Å². The fraction of sp³-hybridized carbons (Fsp3) is 0.550. The first-order valence-electron chi connectivity index (χ1n) is 9.65. The summed E-state index contributed by atoms with van der Waals surface area (Å²) >= 11 is 0. The third-order valence-electron chi connectivity index (χ3n) is 5.08. The summed E-state index contributed by atoms with van der Waals surface area (Å²) < 4.78 is 6.18. The molecule has 0 aromatic carbocycles. The van der Waals surface area contributed by atoms with Crippen LogP contribution in [0.4, 0.5) is 5.82 Å². The molecule has 0 spiro atoms. The highest BCUT2D eigenvalue weighted by Crippen LogP contribution is 2.38. The van der Waals surface area contributed by atoms with Gasteiger partial charge in [-0.3, -0.25) is 0 Å². The molecule has 138 valence electrons. The third-order valence-corrected chi connectivity index (χ3v) is 5.08. The molecule has 0 atom stereocenters. The predicted octanol–water partition coefficient (Wildman–Crippen LogP) is 2.01. The average Bonchev–Trinajstić information content (AvgIpc) is 3.18. The van der Waals surface area contributed by atoms with Crippen LogP contribution in [0.1, 0.15) is 37.1 Å². The third kappa shape index (κ3) is 3.03. The van der Waals surface area contributed by atoms with E-state index in [0.29, 0.717) is 5.92 Å². The van der Waals surface area contributed by atoms with Crippen molar-refractivity contribution in [3.05, 3.63) is 23.1 Å². The Kier molecular flexibility index (Phi) is 4.53. The Morgan fingerprint density at radius 3 is 2.77 bits per heavy atom. The summed E-state index contributed by atoms with van der Waals surface area (Å²) in [5.74, 6) is 1.35. The van der Waals surface area contributed by atoms with Crippen molar-refractivity contribution in [3.63, 3.8) is 0 Å². The minimum absolute atomic E-state index is 0.583. The fourth-order valence-electron chi connectivity index (χ4n) is 3.89. The van der Waals surface area contributed by atoms with E-state index in [9.17, 15) is 0 Å². The van der Waals surface area contributed by atoms with Crippen LogP contribution < -0.4 is 10.2 Å². The van der Waals surface area contributed by atoms with Crippen LogP contribution in [0.5, 0.6) is 0 Å². The number of pyridine rings is 1. The number of aromatic nitrogens is 3. The summed E-state index contributed by atoms with van der Waals surface area (Å²) in [4.78, 5) is 15.3. The minimum Gasteiger partial charge on any atom is -0.432 e. The van der Waals surface area contributed by atoms with Crippen LogP contribution in [-0.2, 0) is 19.3 Å². The second-order valence-electron chi connectivity index (χ2n) is 8.03. The van der Waals surface area contributed by atoms with Gasteiger partial charge < -0.3 is 14.6 Å². The highest BCUT2D eigenvalue weighted by molar-refractivity contribution is 6.06. The fourth-order valence-corrected chi connectivity index (χ4v) is 3.89. The van der Waals surface area contributed by atoms with E-state index < -0.39 is 0 Å². The first-order chi connectivity index (χ1) is 12.5. The van der Waals surface area contributed by atoms with E-state index in [-0.39, 0.29) is 0 Å². The zero-order chi connectivity index (χ0) is 18.3. The molecule has 26 heavy (non-hydrogen) atoms. The number of anilines is 1. The summed E-state index contributed by atoms with van der Waals surface area (Å²) in [7, 11) is 4.28. The summed E-state index contributed by atoms with van der Waals surface area (Å²) in [5.41, 5.74) is 6.39. The van der Waals surface area contributed by atoms with Gasteiger partial charge in [0.15, 0.2) is 11.4 Å². The molecule has 0 amide bonds. The second kappa shape index (κ2) is 6.83. The van der Waals surface area contributed by atoms with E-state index >= 15 is 0 Å². The van der Waals surface area contributed by atoms with Crippen LogP contribution in [0.3, 0.4) is 0 Å². The van der Waals surface area contributed by atoms with Gasteiger partial charge in [-0.05, 0) is 42.7 Å². The molecule has 1 aliphatic carbocycles. The van der Waals surface area contributed by atoms with Crippen LogP contribution in [0.15, 0.2) is 10.7 Å². The molecule has 4 rings (SSSR count). The van der Waals surface area contributed by atoms with E-state index in [0.717, 1.165) is 60.4 Å². The van der Waals surface area contributed by atoms with Gasteiger partial charge >= 0.3 is 0 Å². The van der Waals surface area contributed by atoms with Gasteiger partial charge in [-0.25, -0.2) is 15.0 Å². The summed E-state index contributed by atoms with van der Waals surface area (Å²) in [6, 6.07) is 0. The van der Waals surface area contributed by atoms with E-state index in [1.54, 1.807) is 6.33 Å². The molecule has 3 aromatic rings. The molecule has 6 heteroatoms.